The Morgan fingerprint density at radius 2 is 1.63 bits per heavy atom. The van der Waals surface area contributed by atoms with Crippen molar-refractivity contribution in [2.75, 3.05) is 13.2 Å². The lowest BCUT2D eigenvalue weighted by Crippen LogP contribution is -2.64. The van der Waals surface area contributed by atoms with Crippen LogP contribution in [0.15, 0.2) is 30.0 Å². The van der Waals surface area contributed by atoms with Crippen LogP contribution < -0.4 is 0 Å². The van der Waals surface area contributed by atoms with Crippen LogP contribution in [0.3, 0.4) is 0 Å². The second-order valence-corrected chi connectivity index (χ2v) is 8.68. The van der Waals surface area contributed by atoms with Gasteiger partial charge in [-0.2, -0.15) is 0 Å². The van der Waals surface area contributed by atoms with Crippen LogP contribution in [0.4, 0.5) is 0 Å². The average Bonchev–Trinajstić information content (AvgIpc) is 3.54. The van der Waals surface area contributed by atoms with Crippen molar-refractivity contribution in [2.24, 2.45) is 0 Å². The van der Waals surface area contributed by atoms with E-state index in [1.54, 1.807) is 10.9 Å². The van der Waals surface area contributed by atoms with Gasteiger partial charge in [0.05, 0.1) is 32.6 Å². The molecule has 1 aromatic heterocycles. The zero-order valence-corrected chi connectivity index (χ0v) is 18.7. The summed E-state index contributed by atoms with van der Waals surface area (Å²) in [4.78, 5) is 0. The Hall–Kier alpha value is -1.82. The summed E-state index contributed by atoms with van der Waals surface area (Å²) in [7, 11) is 0. The highest BCUT2D eigenvalue weighted by atomic mass is 16.7. The standard InChI is InChI=1S/C21H31N3O11/c25-7-12-14(27)15(28)17(30)21(33-12)35-19-13(8-26)34-20(18(31)16(19)29)32-9-11-6-24(23-22-11)5-10-3-1-2-4-10/h1-3,6,12-21,25-31H,4-5,7-9H2/t12-,13-,14+,15+,16-,17-,18-,19-,20-,21+/m1/s1. The van der Waals surface area contributed by atoms with Crippen molar-refractivity contribution in [3.05, 3.63) is 35.7 Å². The van der Waals surface area contributed by atoms with Gasteiger partial charge in [-0.25, -0.2) is 4.68 Å². The first-order valence-electron chi connectivity index (χ1n) is 11.3. The third kappa shape index (κ3) is 5.79. The summed E-state index contributed by atoms with van der Waals surface area (Å²) < 4.78 is 23.6. The largest absolute Gasteiger partial charge is 0.394 e. The van der Waals surface area contributed by atoms with Crippen LogP contribution in [0.2, 0.25) is 0 Å². The third-order valence-electron chi connectivity index (χ3n) is 6.16. The van der Waals surface area contributed by atoms with E-state index in [9.17, 15) is 35.7 Å². The number of rotatable bonds is 9. The fourth-order valence-electron chi connectivity index (χ4n) is 4.16. The number of nitrogens with zero attached hydrogens (tertiary/aromatic N) is 3. The summed E-state index contributed by atoms with van der Waals surface area (Å²) in [5.74, 6) is 0. The minimum Gasteiger partial charge on any atom is -0.394 e. The van der Waals surface area contributed by atoms with Gasteiger partial charge in [-0.15, -0.1) is 5.10 Å². The van der Waals surface area contributed by atoms with Crippen LogP contribution in [-0.4, -0.2) is 125 Å². The molecule has 0 radical (unpaired) electrons. The first-order valence-corrected chi connectivity index (χ1v) is 11.3. The molecule has 14 heteroatoms. The van der Waals surface area contributed by atoms with Crippen molar-refractivity contribution >= 4 is 0 Å². The predicted molar refractivity (Wildman–Crippen MR) is 113 cm³/mol. The second-order valence-electron chi connectivity index (χ2n) is 8.68. The van der Waals surface area contributed by atoms with Crippen molar-refractivity contribution in [1.29, 1.82) is 0 Å². The lowest BCUT2D eigenvalue weighted by atomic mass is 9.97. The topological polar surface area (TPSA) is 209 Å². The number of aliphatic hydroxyl groups is 7. The van der Waals surface area contributed by atoms with E-state index in [-0.39, 0.29) is 6.61 Å². The number of hydrogen-bond donors (Lipinski definition) is 7. The first-order chi connectivity index (χ1) is 16.8. The van der Waals surface area contributed by atoms with Crippen molar-refractivity contribution < 1.29 is 54.7 Å². The summed E-state index contributed by atoms with van der Waals surface area (Å²) in [6, 6.07) is 0. The molecule has 3 aliphatic rings. The van der Waals surface area contributed by atoms with Gasteiger partial charge in [0.15, 0.2) is 12.6 Å². The van der Waals surface area contributed by atoms with Gasteiger partial charge in [-0.05, 0) is 12.0 Å². The molecule has 10 atom stereocenters. The van der Waals surface area contributed by atoms with E-state index >= 15 is 0 Å². The van der Waals surface area contributed by atoms with Gasteiger partial charge in [0.2, 0.25) is 0 Å². The van der Waals surface area contributed by atoms with E-state index in [4.69, 9.17) is 18.9 Å². The SMILES string of the molecule is OC[C@H]1O[C@@H](O[C@H]2[C@H](O)[C@@H](O)[C@H](OCc3cn(CC4=CC=CC4)nn3)O[C@@H]2CO)[C@H](O)[C@@H](O)[C@H]1O. The summed E-state index contributed by atoms with van der Waals surface area (Å²) in [6.07, 6.45) is -6.51. The van der Waals surface area contributed by atoms with Gasteiger partial charge in [0, 0.05) is 0 Å². The Kier molecular flexibility index (Phi) is 8.62. The molecule has 35 heavy (non-hydrogen) atoms. The Balaban J connectivity index is 1.35. The zero-order valence-electron chi connectivity index (χ0n) is 18.7. The Morgan fingerprint density at radius 3 is 2.31 bits per heavy atom. The summed E-state index contributed by atoms with van der Waals surface area (Å²) in [5, 5.41) is 78.3. The van der Waals surface area contributed by atoms with Crippen molar-refractivity contribution in [3.63, 3.8) is 0 Å². The molecular formula is C21H31N3O11. The van der Waals surface area contributed by atoms with E-state index in [0.717, 1.165) is 6.42 Å². The van der Waals surface area contributed by atoms with Crippen LogP contribution in [0.25, 0.3) is 0 Å². The lowest BCUT2D eigenvalue weighted by molar-refractivity contribution is -0.360. The fourth-order valence-corrected chi connectivity index (χ4v) is 4.16. The average molecular weight is 501 g/mol. The molecule has 0 unspecified atom stereocenters. The Labute approximate surface area is 200 Å². The second kappa shape index (κ2) is 11.5. The van der Waals surface area contributed by atoms with Gasteiger partial charge >= 0.3 is 0 Å². The van der Waals surface area contributed by atoms with Gasteiger partial charge in [-0.1, -0.05) is 23.4 Å². The smallest absolute Gasteiger partial charge is 0.187 e. The molecule has 7 N–H and O–H groups in total. The molecule has 4 rings (SSSR count). The molecule has 196 valence electrons. The van der Waals surface area contributed by atoms with Crippen molar-refractivity contribution in [2.45, 2.75) is 81.0 Å². The van der Waals surface area contributed by atoms with E-state index in [1.807, 2.05) is 18.2 Å². The molecule has 0 spiro atoms. The van der Waals surface area contributed by atoms with Crippen LogP contribution in [0, 0.1) is 0 Å². The molecule has 0 aromatic carbocycles. The molecule has 3 heterocycles. The predicted octanol–water partition coefficient (Wildman–Crippen LogP) is -3.69. The molecule has 0 saturated carbocycles. The van der Waals surface area contributed by atoms with E-state index in [0.29, 0.717) is 12.2 Å². The fraction of sp³-hybridized carbons (Fsp3) is 0.714. The monoisotopic (exact) mass is 501 g/mol. The maximum atomic E-state index is 10.6. The highest BCUT2D eigenvalue weighted by Gasteiger charge is 2.50. The van der Waals surface area contributed by atoms with E-state index in [1.165, 1.54) is 5.57 Å². The molecule has 2 fully saturated rings. The van der Waals surface area contributed by atoms with Crippen LogP contribution in [0.5, 0.6) is 0 Å². The number of ether oxygens (including phenoxy) is 4. The minimum absolute atomic E-state index is 0.0951. The number of aliphatic hydroxyl groups excluding tert-OH is 7. The molecule has 1 aromatic rings. The van der Waals surface area contributed by atoms with E-state index < -0.39 is 74.6 Å². The lowest BCUT2D eigenvalue weighted by Gasteiger charge is -2.45. The molecule has 2 aliphatic heterocycles. The van der Waals surface area contributed by atoms with Crippen molar-refractivity contribution in [1.82, 2.24) is 15.0 Å². The molecule has 0 amide bonds. The number of allylic oxidation sites excluding steroid dienone is 4. The maximum absolute atomic E-state index is 10.6. The summed E-state index contributed by atoms with van der Waals surface area (Å²) in [6.45, 7) is -0.840. The molecule has 14 nitrogen and oxygen atoms in total. The van der Waals surface area contributed by atoms with Crippen molar-refractivity contribution in [3.8, 4) is 0 Å². The quantitative estimate of drug-likeness (QED) is 0.174. The van der Waals surface area contributed by atoms with Crippen LogP contribution >= 0.6 is 0 Å². The number of hydrogen-bond acceptors (Lipinski definition) is 13. The van der Waals surface area contributed by atoms with Crippen LogP contribution in [-0.2, 0) is 32.1 Å². The van der Waals surface area contributed by atoms with Crippen LogP contribution in [0.1, 0.15) is 12.1 Å². The molecule has 0 bridgehead atoms. The summed E-state index contributed by atoms with van der Waals surface area (Å²) in [5.41, 5.74) is 1.63. The highest BCUT2D eigenvalue weighted by molar-refractivity contribution is 5.22. The highest BCUT2D eigenvalue weighted by Crippen LogP contribution is 2.29. The van der Waals surface area contributed by atoms with Gasteiger partial charge in [0.25, 0.3) is 0 Å². The molecular weight excluding hydrogens is 470 g/mol. The normalized spacial score (nSPS) is 39.7. The minimum atomic E-state index is -1.73. The molecule has 2 saturated heterocycles. The molecule has 1 aliphatic carbocycles. The first kappa shape index (κ1) is 26.2. The Bertz CT molecular complexity index is 892. The van der Waals surface area contributed by atoms with Gasteiger partial charge in [-0.3, -0.25) is 0 Å². The summed E-state index contributed by atoms with van der Waals surface area (Å²) >= 11 is 0. The Morgan fingerprint density at radius 1 is 0.914 bits per heavy atom. The zero-order chi connectivity index (χ0) is 25.1. The van der Waals surface area contributed by atoms with Gasteiger partial charge in [0.1, 0.15) is 54.5 Å². The van der Waals surface area contributed by atoms with Gasteiger partial charge < -0.3 is 54.7 Å². The number of aromatic nitrogens is 3. The third-order valence-corrected chi connectivity index (χ3v) is 6.16. The van der Waals surface area contributed by atoms with E-state index in [2.05, 4.69) is 10.3 Å². The maximum Gasteiger partial charge on any atom is 0.187 e.